The quantitative estimate of drug-likeness (QED) is 0.773. The molecular weight excluding hydrogens is 240 g/mol. The monoisotopic (exact) mass is 268 g/mol. The SMILES string of the molecule is CO[C@@H]1C[C@H]2C(C)(C)CCC[C@]2(C)C(CO)=C1CO. The lowest BCUT2D eigenvalue weighted by Gasteiger charge is -2.56. The van der Waals surface area contributed by atoms with Gasteiger partial charge >= 0.3 is 0 Å². The van der Waals surface area contributed by atoms with Gasteiger partial charge in [0, 0.05) is 7.11 Å². The number of aliphatic hydroxyl groups is 2. The molecule has 0 aromatic carbocycles. The molecule has 0 amide bonds. The van der Waals surface area contributed by atoms with Crippen LogP contribution in [-0.2, 0) is 4.74 Å². The standard InChI is InChI=1S/C16H28O3/c1-15(2)6-5-7-16(3)12(10-18)11(9-17)13(19-4)8-14(15)16/h13-14,17-18H,5-10H2,1-4H3/t13-,14+,16-/m1/s1. The highest BCUT2D eigenvalue weighted by Crippen LogP contribution is 2.59. The Morgan fingerprint density at radius 3 is 2.37 bits per heavy atom. The highest BCUT2D eigenvalue weighted by atomic mass is 16.5. The summed E-state index contributed by atoms with van der Waals surface area (Å²) in [6.07, 6.45) is 4.45. The smallest absolute Gasteiger partial charge is 0.0810 e. The van der Waals surface area contributed by atoms with Gasteiger partial charge in [-0.1, -0.05) is 27.2 Å². The maximum atomic E-state index is 9.86. The van der Waals surface area contributed by atoms with Crippen LogP contribution in [0.3, 0.4) is 0 Å². The van der Waals surface area contributed by atoms with Crippen molar-refractivity contribution in [3.05, 3.63) is 11.1 Å². The van der Waals surface area contributed by atoms with Crippen molar-refractivity contribution in [2.45, 2.75) is 52.6 Å². The molecule has 0 saturated heterocycles. The van der Waals surface area contributed by atoms with E-state index in [4.69, 9.17) is 4.74 Å². The van der Waals surface area contributed by atoms with Crippen molar-refractivity contribution in [2.75, 3.05) is 20.3 Å². The van der Waals surface area contributed by atoms with Gasteiger partial charge in [-0.05, 0) is 47.2 Å². The summed E-state index contributed by atoms with van der Waals surface area (Å²) >= 11 is 0. The second kappa shape index (κ2) is 5.19. The summed E-state index contributed by atoms with van der Waals surface area (Å²) in [6.45, 7) is 6.98. The molecule has 19 heavy (non-hydrogen) atoms. The van der Waals surface area contributed by atoms with Crippen LogP contribution in [0.5, 0.6) is 0 Å². The van der Waals surface area contributed by atoms with Gasteiger partial charge in [-0.2, -0.15) is 0 Å². The molecule has 0 spiro atoms. The first-order valence-corrected chi connectivity index (χ1v) is 7.37. The van der Waals surface area contributed by atoms with Crippen LogP contribution in [0, 0.1) is 16.7 Å². The van der Waals surface area contributed by atoms with Crippen LogP contribution in [0.25, 0.3) is 0 Å². The third-order valence-corrected chi connectivity index (χ3v) is 5.76. The summed E-state index contributed by atoms with van der Waals surface area (Å²) in [5, 5.41) is 19.5. The van der Waals surface area contributed by atoms with Crippen LogP contribution in [0.1, 0.15) is 46.5 Å². The zero-order chi connectivity index (χ0) is 14.3. The molecule has 1 fully saturated rings. The maximum Gasteiger partial charge on any atom is 0.0810 e. The number of hydrogen-bond acceptors (Lipinski definition) is 3. The van der Waals surface area contributed by atoms with E-state index in [0.29, 0.717) is 5.92 Å². The summed E-state index contributed by atoms with van der Waals surface area (Å²) < 4.78 is 5.59. The van der Waals surface area contributed by atoms with Gasteiger partial charge in [-0.3, -0.25) is 0 Å². The van der Waals surface area contributed by atoms with E-state index in [2.05, 4.69) is 20.8 Å². The second-order valence-corrected chi connectivity index (χ2v) is 7.09. The molecule has 0 radical (unpaired) electrons. The number of methoxy groups -OCH3 is 1. The highest BCUT2D eigenvalue weighted by molar-refractivity contribution is 5.32. The maximum absolute atomic E-state index is 9.86. The first kappa shape index (κ1) is 15.0. The lowest BCUT2D eigenvalue weighted by atomic mass is 9.50. The van der Waals surface area contributed by atoms with Gasteiger partial charge in [-0.15, -0.1) is 0 Å². The molecule has 0 aromatic rings. The summed E-state index contributed by atoms with van der Waals surface area (Å²) in [4.78, 5) is 0. The zero-order valence-electron chi connectivity index (χ0n) is 12.7. The van der Waals surface area contributed by atoms with Gasteiger partial charge in [0.1, 0.15) is 0 Å². The largest absolute Gasteiger partial charge is 0.392 e. The molecule has 2 rings (SSSR count). The van der Waals surface area contributed by atoms with E-state index < -0.39 is 0 Å². The minimum absolute atomic E-state index is 0.00284. The number of hydrogen-bond donors (Lipinski definition) is 2. The summed E-state index contributed by atoms with van der Waals surface area (Å²) in [6, 6.07) is 0. The molecule has 0 aliphatic heterocycles. The first-order valence-electron chi connectivity index (χ1n) is 7.37. The van der Waals surface area contributed by atoms with Crippen LogP contribution in [0.15, 0.2) is 11.1 Å². The predicted octanol–water partition coefficient (Wildman–Crippen LogP) is 2.52. The minimum Gasteiger partial charge on any atom is -0.392 e. The molecule has 3 heteroatoms. The predicted molar refractivity (Wildman–Crippen MR) is 75.8 cm³/mol. The zero-order valence-corrected chi connectivity index (χ0v) is 12.7. The molecule has 2 N–H and O–H groups in total. The fraction of sp³-hybridized carbons (Fsp3) is 0.875. The molecule has 0 heterocycles. The van der Waals surface area contributed by atoms with E-state index in [-0.39, 0.29) is 30.1 Å². The van der Waals surface area contributed by atoms with Crippen LogP contribution < -0.4 is 0 Å². The third-order valence-electron chi connectivity index (χ3n) is 5.76. The van der Waals surface area contributed by atoms with Gasteiger partial charge in [0.05, 0.1) is 19.3 Å². The van der Waals surface area contributed by atoms with Gasteiger partial charge in [0.15, 0.2) is 0 Å². The van der Waals surface area contributed by atoms with Crippen LogP contribution in [0.2, 0.25) is 0 Å². The molecule has 110 valence electrons. The second-order valence-electron chi connectivity index (χ2n) is 7.09. The first-order chi connectivity index (χ1) is 8.90. The van der Waals surface area contributed by atoms with Crippen molar-refractivity contribution in [1.29, 1.82) is 0 Å². The molecule has 0 aromatic heterocycles. The number of ether oxygens (including phenoxy) is 1. The molecule has 2 aliphatic carbocycles. The number of fused-ring (bicyclic) bond motifs is 1. The average Bonchev–Trinajstić information content (AvgIpc) is 2.36. The van der Waals surface area contributed by atoms with E-state index in [1.54, 1.807) is 7.11 Å². The van der Waals surface area contributed by atoms with Crippen molar-refractivity contribution in [3.63, 3.8) is 0 Å². The molecular formula is C16H28O3. The molecule has 3 atom stereocenters. The Bertz CT molecular complexity index is 372. The number of rotatable bonds is 3. The molecule has 3 nitrogen and oxygen atoms in total. The van der Waals surface area contributed by atoms with Gasteiger partial charge in [-0.25, -0.2) is 0 Å². The van der Waals surface area contributed by atoms with E-state index in [9.17, 15) is 10.2 Å². The highest BCUT2D eigenvalue weighted by Gasteiger charge is 2.52. The minimum atomic E-state index is -0.0393. The van der Waals surface area contributed by atoms with Crippen LogP contribution >= 0.6 is 0 Å². The van der Waals surface area contributed by atoms with Crippen molar-refractivity contribution in [2.24, 2.45) is 16.7 Å². The number of aliphatic hydroxyl groups excluding tert-OH is 2. The van der Waals surface area contributed by atoms with E-state index >= 15 is 0 Å². The van der Waals surface area contributed by atoms with Gasteiger partial charge < -0.3 is 14.9 Å². The van der Waals surface area contributed by atoms with Crippen molar-refractivity contribution >= 4 is 0 Å². The average molecular weight is 268 g/mol. The normalized spacial score (nSPS) is 38.2. The van der Waals surface area contributed by atoms with E-state index in [0.717, 1.165) is 24.0 Å². The fourth-order valence-electron chi connectivity index (χ4n) is 4.70. The molecule has 0 bridgehead atoms. The Labute approximate surface area is 116 Å². The Morgan fingerprint density at radius 2 is 1.84 bits per heavy atom. The Kier molecular flexibility index (Phi) is 4.10. The summed E-state index contributed by atoms with van der Waals surface area (Å²) in [7, 11) is 1.70. The Balaban J connectivity index is 2.51. The van der Waals surface area contributed by atoms with E-state index in [1.807, 2.05) is 0 Å². The lowest BCUT2D eigenvalue weighted by molar-refractivity contribution is -0.0379. The van der Waals surface area contributed by atoms with Gasteiger partial charge in [0.2, 0.25) is 0 Å². The third kappa shape index (κ3) is 2.26. The van der Waals surface area contributed by atoms with Crippen molar-refractivity contribution in [3.8, 4) is 0 Å². The van der Waals surface area contributed by atoms with Crippen molar-refractivity contribution in [1.82, 2.24) is 0 Å². The van der Waals surface area contributed by atoms with Gasteiger partial charge in [0.25, 0.3) is 0 Å². The van der Waals surface area contributed by atoms with Crippen LogP contribution in [0.4, 0.5) is 0 Å². The Morgan fingerprint density at radius 1 is 1.16 bits per heavy atom. The fourth-order valence-corrected chi connectivity index (χ4v) is 4.70. The topological polar surface area (TPSA) is 49.7 Å². The summed E-state index contributed by atoms with van der Waals surface area (Å²) in [5.74, 6) is 0.510. The van der Waals surface area contributed by atoms with Crippen LogP contribution in [-0.4, -0.2) is 36.6 Å². The van der Waals surface area contributed by atoms with Crippen molar-refractivity contribution < 1.29 is 14.9 Å². The molecule has 2 aliphatic rings. The molecule has 1 saturated carbocycles. The summed E-state index contributed by atoms with van der Waals surface area (Å²) in [5.41, 5.74) is 2.24. The molecule has 0 unspecified atom stereocenters. The Hall–Kier alpha value is -0.380. The lowest BCUT2D eigenvalue weighted by Crippen LogP contribution is -2.50. The van der Waals surface area contributed by atoms with E-state index in [1.165, 1.54) is 12.8 Å².